The van der Waals surface area contributed by atoms with Gasteiger partial charge in [0.05, 0.1) is 19.1 Å². The van der Waals surface area contributed by atoms with Gasteiger partial charge in [-0.3, -0.25) is 25.2 Å². The molecule has 0 aliphatic carbocycles. The fourth-order valence-electron chi connectivity index (χ4n) is 1.47. The Bertz CT molecular complexity index is 513. The van der Waals surface area contributed by atoms with Gasteiger partial charge in [-0.05, 0) is 33.6 Å². The quantitative estimate of drug-likeness (QED) is 0.361. The topological polar surface area (TPSA) is 149 Å². The van der Waals surface area contributed by atoms with Gasteiger partial charge in [0.25, 0.3) is 11.8 Å². The lowest BCUT2D eigenvalue weighted by Gasteiger charge is -2.23. The van der Waals surface area contributed by atoms with Crippen LogP contribution in [0.25, 0.3) is 0 Å². The molecule has 5 N–H and O–H groups in total. The van der Waals surface area contributed by atoms with E-state index in [0.29, 0.717) is 0 Å². The number of carbonyl (C=O) groups is 4. The number of hydrogen-bond acceptors (Lipinski definition) is 7. The molecule has 0 bridgehead atoms. The van der Waals surface area contributed by atoms with E-state index in [-0.39, 0.29) is 12.5 Å². The van der Waals surface area contributed by atoms with Gasteiger partial charge >= 0.3 is 12.1 Å². The third kappa shape index (κ3) is 11.2. The highest BCUT2D eigenvalue weighted by atomic mass is 16.6. The average molecular weight is 374 g/mol. The third-order valence-electron chi connectivity index (χ3n) is 2.68. The Balaban J connectivity index is 4.91. The number of nitrogens with two attached hydrogens (primary N) is 1. The molecule has 0 heterocycles. The number of alkyl carbamates (subject to hydrolysis) is 1. The van der Waals surface area contributed by atoms with Crippen LogP contribution in [-0.2, 0) is 23.9 Å². The Labute approximate surface area is 153 Å². The molecule has 26 heavy (non-hydrogen) atoms. The first-order valence-electron chi connectivity index (χ1n) is 8.32. The van der Waals surface area contributed by atoms with Gasteiger partial charge < -0.3 is 20.5 Å². The van der Waals surface area contributed by atoms with Crippen LogP contribution < -0.4 is 21.9 Å². The predicted molar refractivity (Wildman–Crippen MR) is 93.5 cm³/mol. The van der Waals surface area contributed by atoms with Gasteiger partial charge in [-0.1, -0.05) is 13.8 Å². The maximum atomic E-state index is 12.2. The second-order valence-electron chi connectivity index (χ2n) is 7.25. The maximum Gasteiger partial charge on any atom is 0.408 e. The second-order valence-corrected chi connectivity index (χ2v) is 7.25. The highest BCUT2D eigenvalue weighted by Gasteiger charge is 2.27. The molecule has 10 nitrogen and oxygen atoms in total. The van der Waals surface area contributed by atoms with Crippen molar-refractivity contribution in [2.24, 2.45) is 11.7 Å². The predicted octanol–water partition coefficient (Wildman–Crippen LogP) is -0.0364. The van der Waals surface area contributed by atoms with E-state index in [4.69, 9.17) is 15.2 Å². The van der Waals surface area contributed by atoms with Gasteiger partial charge in [-0.2, -0.15) is 0 Å². The number of hydrogen-bond donors (Lipinski definition) is 4. The molecule has 0 aliphatic heterocycles. The molecule has 0 aromatic carbocycles. The summed E-state index contributed by atoms with van der Waals surface area (Å²) in [5, 5.41) is 2.29. The zero-order valence-corrected chi connectivity index (χ0v) is 16.2. The molecule has 0 aromatic rings. The molecule has 0 spiro atoms. The first-order chi connectivity index (χ1) is 11.8. The van der Waals surface area contributed by atoms with E-state index < -0.39 is 48.0 Å². The minimum atomic E-state index is -1.29. The summed E-state index contributed by atoms with van der Waals surface area (Å²) in [5.41, 5.74) is 8.79. The highest BCUT2D eigenvalue weighted by Crippen LogP contribution is 2.07. The van der Waals surface area contributed by atoms with Crippen LogP contribution in [0.1, 0.15) is 48.0 Å². The number of esters is 1. The van der Waals surface area contributed by atoms with Crippen molar-refractivity contribution in [1.29, 1.82) is 0 Å². The van der Waals surface area contributed by atoms with Crippen molar-refractivity contribution in [1.82, 2.24) is 16.2 Å². The molecule has 3 amide bonds. The van der Waals surface area contributed by atoms with Gasteiger partial charge in [-0.15, -0.1) is 0 Å². The summed E-state index contributed by atoms with van der Waals surface area (Å²) in [6.07, 6.45) is -1.31. The van der Waals surface area contributed by atoms with Crippen LogP contribution in [0.4, 0.5) is 4.79 Å². The number of rotatable bonds is 7. The summed E-state index contributed by atoms with van der Waals surface area (Å²) >= 11 is 0. The summed E-state index contributed by atoms with van der Waals surface area (Å²) in [4.78, 5) is 47.4. The van der Waals surface area contributed by atoms with Crippen molar-refractivity contribution >= 4 is 23.9 Å². The van der Waals surface area contributed by atoms with Gasteiger partial charge in [0.15, 0.2) is 0 Å². The minimum Gasteiger partial charge on any atom is -0.465 e. The molecule has 0 fully saturated rings. The average Bonchev–Trinajstić information content (AvgIpc) is 2.47. The summed E-state index contributed by atoms with van der Waals surface area (Å²) < 4.78 is 10.1. The van der Waals surface area contributed by atoms with Crippen molar-refractivity contribution in [3.63, 3.8) is 0 Å². The van der Waals surface area contributed by atoms with Crippen LogP contribution in [-0.4, -0.2) is 48.2 Å². The third-order valence-corrected chi connectivity index (χ3v) is 2.68. The molecule has 0 radical (unpaired) electrons. The molecule has 0 aliphatic rings. The lowest BCUT2D eigenvalue weighted by atomic mass is 10.2. The molecule has 2 atom stereocenters. The molecule has 0 unspecified atom stereocenters. The Hall–Kier alpha value is -2.36. The Morgan fingerprint density at radius 2 is 1.54 bits per heavy atom. The van der Waals surface area contributed by atoms with E-state index in [0.717, 1.165) is 0 Å². The van der Waals surface area contributed by atoms with E-state index in [1.807, 2.05) is 13.8 Å². The first-order valence-corrected chi connectivity index (χ1v) is 8.32. The van der Waals surface area contributed by atoms with Gasteiger partial charge in [0, 0.05) is 0 Å². The van der Waals surface area contributed by atoms with Crippen LogP contribution in [0, 0.1) is 5.92 Å². The van der Waals surface area contributed by atoms with Crippen LogP contribution in [0.3, 0.4) is 0 Å². The van der Waals surface area contributed by atoms with Crippen molar-refractivity contribution in [2.45, 2.75) is 65.6 Å². The fraction of sp³-hybridized carbons (Fsp3) is 0.750. The van der Waals surface area contributed by atoms with Crippen LogP contribution in [0.2, 0.25) is 0 Å². The maximum absolute atomic E-state index is 12.2. The Morgan fingerprint density at radius 3 is 2.00 bits per heavy atom. The van der Waals surface area contributed by atoms with E-state index >= 15 is 0 Å². The number of hydrazine groups is 1. The monoisotopic (exact) mass is 374 g/mol. The first kappa shape index (κ1) is 23.6. The molecule has 0 saturated carbocycles. The molecule has 0 aromatic heterocycles. The highest BCUT2D eigenvalue weighted by molar-refractivity contribution is 5.91. The van der Waals surface area contributed by atoms with Crippen molar-refractivity contribution in [2.75, 3.05) is 6.61 Å². The van der Waals surface area contributed by atoms with Gasteiger partial charge in [-0.25, -0.2) is 4.79 Å². The zero-order chi connectivity index (χ0) is 20.5. The molecular formula is C16H30N4O6. The molecule has 0 rings (SSSR count). The zero-order valence-electron chi connectivity index (χ0n) is 16.2. The van der Waals surface area contributed by atoms with Crippen molar-refractivity contribution < 1.29 is 28.7 Å². The molecule has 10 heteroatoms. The van der Waals surface area contributed by atoms with E-state index in [1.165, 1.54) is 6.92 Å². The van der Waals surface area contributed by atoms with E-state index in [2.05, 4.69) is 16.2 Å². The van der Waals surface area contributed by atoms with E-state index in [1.54, 1.807) is 20.8 Å². The standard InChI is InChI=1S/C16H30N4O6/c1-9(2)8-25-12(21)7-11(18-15(24)26-16(4,5)6)14(23)20-19-13(22)10(3)17/h9-11H,7-8,17H2,1-6H3,(H,18,24)(H,19,22)(H,20,23)/t10-,11-/m0/s1. The van der Waals surface area contributed by atoms with Crippen LogP contribution >= 0.6 is 0 Å². The molecule has 0 saturated heterocycles. The largest absolute Gasteiger partial charge is 0.465 e. The Kier molecular flexibility index (Phi) is 9.63. The summed E-state index contributed by atoms with van der Waals surface area (Å²) in [6, 6.07) is -2.14. The molecular weight excluding hydrogens is 344 g/mol. The lowest BCUT2D eigenvalue weighted by Crippen LogP contribution is -2.55. The van der Waals surface area contributed by atoms with Crippen molar-refractivity contribution in [3.05, 3.63) is 0 Å². The minimum absolute atomic E-state index is 0.121. The van der Waals surface area contributed by atoms with E-state index in [9.17, 15) is 19.2 Å². The van der Waals surface area contributed by atoms with Crippen molar-refractivity contribution in [3.8, 4) is 0 Å². The smallest absolute Gasteiger partial charge is 0.408 e. The Morgan fingerprint density at radius 1 is 1.00 bits per heavy atom. The normalized spacial score (nSPS) is 13.4. The number of carbonyl (C=O) groups excluding carboxylic acids is 4. The van der Waals surface area contributed by atoms with Crippen LogP contribution in [0.5, 0.6) is 0 Å². The fourth-order valence-corrected chi connectivity index (χ4v) is 1.47. The van der Waals surface area contributed by atoms with Gasteiger partial charge in [0.2, 0.25) is 0 Å². The molecule has 150 valence electrons. The summed E-state index contributed by atoms with van der Waals surface area (Å²) in [7, 11) is 0. The van der Waals surface area contributed by atoms with Gasteiger partial charge in [0.1, 0.15) is 11.6 Å². The number of amides is 3. The summed E-state index contributed by atoms with van der Waals surface area (Å²) in [5.74, 6) is -1.99. The second kappa shape index (κ2) is 10.6. The number of nitrogens with one attached hydrogen (secondary N) is 3. The lowest BCUT2D eigenvalue weighted by molar-refractivity contribution is -0.147. The summed E-state index contributed by atoms with van der Waals surface area (Å²) in [6.45, 7) is 10.3. The van der Waals surface area contributed by atoms with Crippen LogP contribution in [0.15, 0.2) is 0 Å². The SMILES string of the molecule is CC(C)COC(=O)C[C@H](NC(=O)OC(C)(C)C)C(=O)NNC(=O)[C@H](C)N. The number of ether oxygens (including phenoxy) is 2.